The molecule has 1 saturated heterocycles. The zero-order valence-corrected chi connectivity index (χ0v) is 14.5. The van der Waals surface area contributed by atoms with Crippen molar-refractivity contribution in [3.63, 3.8) is 0 Å². The molecule has 2 aliphatic rings. The highest BCUT2D eigenvalue weighted by molar-refractivity contribution is 7.15. The predicted octanol–water partition coefficient (Wildman–Crippen LogP) is 1.65. The van der Waals surface area contributed by atoms with Crippen LogP contribution in [0.3, 0.4) is 0 Å². The highest BCUT2D eigenvalue weighted by Gasteiger charge is 2.55. The first-order valence-electron chi connectivity index (χ1n) is 8.27. The standard InChI is InChI=1S/C18H14N4O3S/c23-14-9-12(19-17-21(14)7-8-26-17)10-22-15(24)18(20-16(22)25)6-5-11-3-1-2-4-13(11)18/h1-4,7-9H,5-6,10H2,(H,20,25)/t18-/m1/s1. The molecule has 1 atom stereocenters. The lowest BCUT2D eigenvalue weighted by molar-refractivity contribution is -0.132. The number of urea groups is 1. The minimum Gasteiger partial charge on any atom is -0.319 e. The van der Waals surface area contributed by atoms with E-state index in [0.29, 0.717) is 17.1 Å². The summed E-state index contributed by atoms with van der Waals surface area (Å²) in [5.74, 6) is -0.277. The van der Waals surface area contributed by atoms with E-state index in [1.165, 1.54) is 21.8 Å². The maximum atomic E-state index is 13.1. The molecule has 1 aliphatic carbocycles. The van der Waals surface area contributed by atoms with Gasteiger partial charge < -0.3 is 5.32 Å². The number of imide groups is 1. The number of rotatable bonds is 2. The molecule has 7 nitrogen and oxygen atoms in total. The number of hydrogen-bond donors (Lipinski definition) is 1. The number of fused-ring (bicyclic) bond motifs is 3. The van der Waals surface area contributed by atoms with Crippen LogP contribution in [0.4, 0.5) is 4.79 Å². The van der Waals surface area contributed by atoms with Crippen LogP contribution in [0.1, 0.15) is 23.2 Å². The quantitative estimate of drug-likeness (QED) is 0.699. The second kappa shape index (κ2) is 5.25. The molecule has 2 aromatic heterocycles. The van der Waals surface area contributed by atoms with Crippen molar-refractivity contribution in [2.75, 3.05) is 0 Å². The fourth-order valence-electron chi connectivity index (χ4n) is 3.86. The van der Waals surface area contributed by atoms with Crippen molar-refractivity contribution in [2.24, 2.45) is 0 Å². The van der Waals surface area contributed by atoms with Crippen LogP contribution >= 0.6 is 11.3 Å². The molecule has 1 N–H and O–H groups in total. The van der Waals surface area contributed by atoms with Crippen molar-refractivity contribution in [1.29, 1.82) is 0 Å². The highest BCUT2D eigenvalue weighted by atomic mass is 32.1. The van der Waals surface area contributed by atoms with Crippen molar-refractivity contribution in [1.82, 2.24) is 19.6 Å². The molecule has 130 valence electrons. The average molecular weight is 366 g/mol. The van der Waals surface area contributed by atoms with Crippen molar-refractivity contribution in [3.05, 3.63) is 69.1 Å². The van der Waals surface area contributed by atoms with E-state index in [9.17, 15) is 14.4 Å². The Kier molecular flexibility index (Phi) is 3.08. The minimum atomic E-state index is -0.990. The monoisotopic (exact) mass is 366 g/mol. The van der Waals surface area contributed by atoms with E-state index in [0.717, 1.165) is 22.4 Å². The van der Waals surface area contributed by atoms with Crippen LogP contribution in [0.15, 0.2) is 46.7 Å². The Morgan fingerprint density at radius 2 is 2.08 bits per heavy atom. The number of nitrogens with zero attached hydrogens (tertiary/aromatic N) is 3. The number of carbonyl (C=O) groups is 2. The molecule has 0 bridgehead atoms. The number of nitrogens with one attached hydrogen (secondary N) is 1. The van der Waals surface area contributed by atoms with Crippen molar-refractivity contribution in [2.45, 2.75) is 24.9 Å². The normalized spacial score (nSPS) is 21.6. The summed E-state index contributed by atoms with van der Waals surface area (Å²) in [6, 6.07) is 8.62. The van der Waals surface area contributed by atoms with Crippen LogP contribution in [-0.4, -0.2) is 26.2 Å². The summed E-state index contributed by atoms with van der Waals surface area (Å²) in [6.07, 6.45) is 2.95. The van der Waals surface area contributed by atoms with Gasteiger partial charge in [0.25, 0.3) is 11.5 Å². The molecule has 1 fully saturated rings. The van der Waals surface area contributed by atoms with Gasteiger partial charge in [-0.15, -0.1) is 11.3 Å². The third kappa shape index (κ3) is 1.99. The Morgan fingerprint density at radius 3 is 2.96 bits per heavy atom. The molecule has 3 aromatic rings. The van der Waals surface area contributed by atoms with Crippen LogP contribution in [0.5, 0.6) is 0 Å². The summed E-state index contributed by atoms with van der Waals surface area (Å²) < 4.78 is 1.44. The minimum absolute atomic E-state index is 0.0157. The fraction of sp³-hybridized carbons (Fsp3) is 0.222. The lowest BCUT2D eigenvalue weighted by Crippen LogP contribution is -2.41. The molecule has 1 aromatic carbocycles. The first kappa shape index (κ1) is 15.3. The summed E-state index contributed by atoms with van der Waals surface area (Å²) >= 11 is 1.33. The van der Waals surface area contributed by atoms with E-state index >= 15 is 0 Å². The Bertz CT molecular complexity index is 1130. The largest absolute Gasteiger partial charge is 0.325 e. The predicted molar refractivity (Wildman–Crippen MR) is 94.9 cm³/mol. The van der Waals surface area contributed by atoms with Gasteiger partial charge in [-0.25, -0.2) is 9.78 Å². The number of carbonyl (C=O) groups excluding carboxylic acids is 2. The van der Waals surface area contributed by atoms with Crippen LogP contribution < -0.4 is 10.9 Å². The molecule has 1 spiro atoms. The number of aromatic nitrogens is 2. The molecule has 26 heavy (non-hydrogen) atoms. The summed E-state index contributed by atoms with van der Waals surface area (Å²) in [6.45, 7) is -0.0157. The van der Waals surface area contributed by atoms with E-state index in [1.54, 1.807) is 11.6 Å². The number of aryl methyl sites for hydroxylation is 1. The van der Waals surface area contributed by atoms with Gasteiger partial charge in [-0.05, 0) is 24.0 Å². The van der Waals surface area contributed by atoms with Gasteiger partial charge in [0.15, 0.2) is 4.96 Å². The molecule has 5 rings (SSSR count). The van der Waals surface area contributed by atoms with E-state index in [-0.39, 0.29) is 18.0 Å². The lowest BCUT2D eigenvalue weighted by atomic mass is 9.92. The summed E-state index contributed by atoms with van der Waals surface area (Å²) in [7, 11) is 0. The molecular weight excluding hydrogens is 352 g/mol. The molecule has 1 aliphatic heterocycles. The molecule has 0 radical (unpaired) electrons. The van der Waals surface area contributed by atoms with Gasteiger partial charge in [0.05, 0.1) is 12.2 Å². The first-order chi connectivity index (χ1) is 12.6. The van der Waals surface area contributed by atoms with Crippen LogP contribution in [0, 0.1) is 0 Å². The molecule has 8 heteroatoms. The van der Waals surface area contributed by atoms with E-state index in [2.05, 4.69) is 10.3 Å². The maximum absolute atomic E-state index is 13.1. The number of thiazole rings is 1. The Morgan fingerprint density at radius 1 is 1.23 bits per heavy atom. The van der Waals surface area contributed by atoms with Crippen molar-refractivity contribution < 1.29 is 9.59 Å². The van der Waals surface area contributed by atoms with Gasteiger partial charge in [-0.3, -0.25) is 18.9 Å². The second-order valence-corrected chi connectivity index (χ2v) is 7.40. The Balaban J connectivity index is 1.52. The van der Waals surface area contributed by atoms with Crippen molar-refractivity contribution >= 4 is 28.2 Å². The van der Waals surface area contributed by atoms with Gasteiger partial charge in [0, 0.05) is 17.6 Å². The summed E-state index contributed by atoms with van der Waals surface area (Å²) in [5.41, 5.74) is 1.14. The number of benzene rings is 1. The maximum Gasteiger partial charge on any atom is 0.325 e. The smallest absolute Gasteiger partial charge is 0.319 e. The summed E-state index contributed by atoms with van der Waals surface area (Å²) in [4.78, 5) is 43.9. The third-order valence-corrected chi connectivity index (χ3v) is 5.86. The molecule has 0 saturated carbocycles. The summed E-state index contributed by atoms with van der Waals surface area (Å²) in [5, 5.41) is 4.65. The Hall–Kier alpha value is -3.00. The third-order valence-electron chi connectivity index (χ3n) is 5.10. The SMILES string of the molecule is O=C1N[C@@]2(CCc3ccccc32)C(=O)N1Cc1cc(=O)n2ccsc2n1. The van der Waals surface area contributed by atoms with E-state index in [1.807, 2.05) is 24.3 Å². The first-order valence-corrected chi connectivity index (χ1v) is 9.15. The Labute approximate surface area is 151 Å². The molecule has 3 heterocycles. The van der Waals surface area contributed by atoms with Gasteiger partial charge >= 0.3 is 6.03 Å². The number of amides is 3. The number of hydrogen-bond acceptors (Lipinski definition) is 5. The second-order valence-electron chi connectivity index (χ2n) is 6.53. The average Bonchev–Trinajstić information content (AvgIpc) is 3.30. The zero-order valence-electron chi connectivity index (χ0n) is 13.6. The zero-order chi connectivity index (χ0) is 17.9. The van der Waals surface area contributed by atoms with Gasteiger partial charge in [-0.2, -0.15) is 0 Å². The lowest BCUT2D eigenvalue weighted by Gasteiger charge is -2.22. The van der Waals surface area contributed by atoms with E-state index in [4.69, 9.17) is 0 Å². The van der Waals surface area contributed by atoms with E-state index < -0.39 is 11.6 Å². The van der Waals surface area contributed by atoms with Crippen LogP contribution in [-0.2, 0) is 23.3 Å². The van der Waals surface area contributed by atoms with Crippen LogP contribution in [0.2, 0.25) is 0 Å². The van der Waals surface area contributed by atoms with Gasteiger partial charge in [0.2, 0.25) is 0 Å². The molecular formula is C18H14N4O3S. The highest BCUT2D eigenvalue weighted by Crippen LogP contribution is 2.41. The topological polar surface area (TPSA) is 83.8 Å². The van der Waals surface area contributed by atoms with Crippen LogP contribution in [0.25, 0.3) is 4.96 Å². The fourth-order valence-corrected chi connectivity index (χ4v) is 4.60. The molecule has 0 unspecified atom stereocenters. The van der Waals surface area contributed by atoms with Gasteiger partial charge in [0.1, 0.15) is 5.54 Å². The van der Waals surface area contributed by atoms with Crippen molar-refractivity contribution in [3.8, 4) is 0 Å². The molecule has 3 amide bonds. The van der Waals surface area contributed by atoms with Gasteiger partial charge in [-0.1, -0.05) is 24.3 Å².